The lowest BCUT2D eigenvalue weighted by Gasteiger charge is -2.42. The van der Waals surface area contributed by atoms with E-state index in [2.05, 4.69) is 13.8 Å². The molecule has 1 aromatic heterocycles. The van der Waals surface area contributed by atoms with Crippen molar-refractivity contribution in [3.8, 4) is 11.5 Å². The average molecular weight is 428 g/mol. The molecule has 4 rings (SSSR count). The standard InChI is InChI=1S/C23H29N3O5/c1-15-5-4-6-18(16(15)2)26(12-17-7-8-19-20(11-17)31-14-30-19)22(28)13-25-10-9-21(27)24(3)23(25)29/h7-11,15-16,18H,4-6,12-14H2,1-3H3. The summed E-state index contributed by atoms with van der Waals surface area (Å²) in [5, 5.41) is 0. The summed E-state index contributed by atoms with van der Waals surface area (Å²) in [6.45, 7) is 4.96. The van der Waals surface area contributed by atoms with Crippen LogP contribution in [0.15, 0.2) is 40.1 Å². The number of carbonyl (C=O) groups is 1. The number of hydrogen-bond acceptors (Lipinski definition) is 5. The Morgan fingerprint density at radius 1 is 1.13 bits per heavy atom. The third kappa shape index (κ3) is 4.24. The molecule has 1 amide bonds. The second-order valence-electron chi connectivity index (χ2n) is 8.67. The molecule has 8 nitrogen and oxygen atoms in total. The third-order valence-corrected chi connectivity index (χ3v) is 6.74. The Morgan fingerprint density at radius 2 is 1.90 bits per heavy atom. The van der Waals surface area contributed by atoms with Crippen LogP contribution < -0.4 is 20.7 Å². The van der Waals surface area contributed by atoms with Gasteiger partial charge in [-0.25, -0.2) is 4.79 Å². The molecule has 1 aliphatic heterocycles. The first-order valence-corrected chi connectivity index (χ1v) is 10.8. The van der Waals surface area contributed by atoms with Gasteiger partial charge in [-0.05, 0) is 36.0 Å². The average Bonchev–Trinajstić information content (AvgIpc) is 3.22. The minimum atomic E-state index is -0.492. The van der Waals surface area contributed by atoms with Crippen LogP contribution in [0.3, 0.4) is 0 Å². The van der Waals surface area contributed by atoms with Gasteiger partial charge in [-0.15, -0.1) is 0 Å². The zero-order valence-corrected chi connectivity index (χ0v) is 18.2. The van der Waals surface area contributed by atoms with E-state index in [1.165, 1.54) is 23.9 Å². The molecular weight excluding hydrogens is 398 g/mol. The number of aromatic nitrogens is 2. The van der Waals surface area contributed by atoms with Crippen molar-refractivity contribution in [2.75, 3.05) is 6.79 Å². The molecule has 2 aromatic rings. The molecular formula is C23H29N3O5. The molecule has 3 atom stereocenters. The van der Waals surface area contributed by atoms with Crippen LogP contribution in [-0.2, 0) is 24.9 Å². The highest BCUT2D eigenvalue weighted by Gasteiger charge is 2.34. The first kappa shape index (κ1) is 21.2. The van der Waals surface area contributed by atoms with E-state index in [-0.39, 0.29) is 30.8 Å². The van der Waals surface area contributed by atoms with Crippen molar-refractivity contribution < 1.29 is 14.3 Å². The zero-order valence-electron chi connectivity index (χ0n) is 18.2. The van der Waals surface area contributed by atoms with Gasteiger partial charge in [-0.3, -0.25) is 18.7 Å². The first-order chi connectivity index (χ1) is 14.8. The van der Waals surface area contributed by atoms with Crippen molar-refractivity contribution in [3.05, 3.63) is 56.9 Å². The van der Waals surface area contributed by atoms with Crippen molar-refractivity contribution >= 4 is 5.91 Å². The Bertz CT molecular complexity index is 1090. The predicted molar refractivity (Wildman–Crippen MR) is 115 cm³/mol. The summed E-state index contributed by atoms with van der Waals surface area (Å²) in [6, 6.07) is 7.12. The highest BCUT2D eigenvalue weighted by molar-refractivity contribution is 5.76. The molecule has 2 heterocycles. The van der Waals surface area contributed by atoms with Crippen LogP contribution in [0.5, 0.6) is 11.5 Å². The van der Waals surface area contributed by atoms with E-state index in [0.717, 1.165) is 29.4 Å². The largest absolute Gasteiger partial charge is 0.454 e. The SMILES string of the molecule is CC1CCCC(N(Cc2ccc3c(c2)OCO3)C(=O)Cn2ccc(=O)n(C)c2=O)C1C. The van der Waals surface area contributed by atoms with Gasteiger partial charge in [0.25, 0.3) is 5.56 Å². The molecule has 1 saturated carbocycles. The quantitative estimate of drug-likeness (QED) is 0.730. The Kier molecular flexibility index (Phi) is 5.89. The number of nitrogens with zero attached hydrogens (tertiary/aromatic N) is 3. The molecule has 0 radical (unpaired) electrons. The van der Waals surface area contributed by atoms with Crippen LogP contribution in [0.2, 0.25) is 0 Å². The van der Waals surface area contributed by atoms with Crippen molar-refractivity contribution in [2.45, 2.75) is 52.2 Å². The van der Waals surface area contributed by atoms with Crippen molar-refractivity contribution in [1.82, 2.24) is 14.0 Å². The van der Waals surface area contributed by atoms with E-state index < -0.39 is 5.69 Å². The van der Waals surface area contributed by atoms with E-state index in [1.807, 2.05) is 23.1 Å². The van der Waals surface area contributed by atoms with Gasteiger partial charge in [0.2, 0.25) is 12.7 Å². The number of amides is 1. The van der Waals surface area contributed by atoms with Gasteiger partial charge < -0.3 is 14.4 Å². The van der Waals surface area contributed by atoms with Crippen LogP contribution in [0.1, 0.15) is 38.7 Å². The van der Waals surface area contributed by atoms with Gasteiger partial charge in [-0.2, -0.15) is 0 Å². The number of rotatable bonds is 5. The molecule has 1 aromatic carbocycles. The smallest absolute Gasteiger partial charge is 0.331 e. The van der Waals surface area contributed by atoms with E-state index in [1.54, 1.807) is 0 Å². The van der Waals surface area contributed by atoms with Crippen LogP contribution in [-0.4, -0.2) is 32.8 Å². The molecule has 0 spiro atoms. The maximum Gasteiger partial charge on any atom is 0.331 e. The minimum absolute atomic E-state index is 0.0879. The monoisotopic (exact) mass is 427 g/mol. The van der Waals surface area contributed by atoms with E-state index >= 15 is 0 Å². The summed E-state index contributed by atoms with van der Waals surface area (Å²) < 4.78 is 13.2. The molecule has 0 bridgehead atoms. The lowest BCUT2D eigenvalue weighted by Crippen LogP contribution is -2.49. The van der Waals surface area contributed by atoms with E-state index in [4.69, 9.17) is 9.47 Å². The molecule has 8 heteroatoms. The van der Waals surface area contributed by atoms with Crippen LogP contribution in [0, 0.1) is 11.8 Å². The Balaban J connectivity index is 1.63. The van der Waals surface area contributed by atoms with Crippen molar-refractivity contribution in [2.24, 2.45) is 18.9 Å². The maximum absolute atomic E-state index is 13.5. The third-order valence-electron chi connectivity index (χ3n) is 6.74. The second kappa shape index (κ2) is 8.61. The number of hydrogen-bond donors (Lipinski definition) is 0. The Hall–Kier alpha value is -3.03. The molecule has 0 N–H and O–H groups in total. The topological polar surface area (TPSA) is 82.8 Å². The van der Waals surface area contributed by atoms with Gasteiger partial charge >= 0.3 is 5.69 Å². The normalized spacial score (nSPS) is 22.4. The molecule has 2 aliphatic rings. The number of carbonyl (C=O) groups excluding carboxylic acids is 1. The fourth-order valence-electron chi connectivity index (χ4n) is 4.59. The maximum atomic E-state index is 13.5. The predicted octanol–water partition coefficient (Wildman–Crippen LogP) is 2.13. The van der Waals surface area contributed by atoms with Crippen LogP contribution in [0.4, 0.5) is 0 Å². The van der Waals surface area contributed by atoms with Gasteiger partial charge in [0, 0.05) is 31.9 Å². The van der Waals surface area contributed by atoms with Crippen LogP contribution in [0.25, 0.3) is 0 Å². The summed E-state index contributed by atoms with van der Waals surface area (Å²) in [7, 11) is 1.42. The lowest BCUT2D eigenvalue weighted by molar-refractivity contribution is -0.137. The lowest BCUT2D eigenvalue weighted by atomic mass is 9.77. The number of benzene rings is 1. The second-order valence-corrected chi connectivity index (χ2v) is 8.67. The molecule has 31 heavy (non-hydrogen) atoms. The van der Waals surface area contributed by atoms with E-state index in [9.17, 15) is 14.4 Å². The van der Waals surface area contributed by atoms with Crippen molar-refractivity contribution in [3.63, 3.8) is 0 Å². The van der Waals surface area contributed by atoms with Gasteiger partial charge in [-0.1, -0.05) is 32.8 Å². The van der Waals surface area contributed by atoms with Gasteiger partial charge in [0.05, 0.1) is 0 Å². The molecule has 166 valence electrons. The Morgan fingerprint density at radius 3 is 2.71 bits per heavy atom. The molecule has 0 saturated heterocycles. The first-order valence-electron chi connectivity index (χ1n) is 10.8. The molecule has 1 aliphatic carbocycles. The fourth-order valence-corrected chi connectivity index (χ4v) is 4.59. The summed E-state index contributed by atoms with van der Waals surface area (Å²) in [4.78, 5) is 39.5. The highest BCUT2D eigenvalue weighted by Crippen LogP contribution is 2.36. The summed E-state index contributed by atoms with van der Waals surface area (Å²) in [5.74, 6) is 2.13. The minimum Gasteiger partial charge on any atom is -0.454 e. The highest BCUT2D eigenvalue weighted by atomic mass is 16.7. The summed E-state index contributed by atoms with van der Waals surface area (Å²) >= 11 is 0. The molecule has 3 unspecified atom stereocenters. The molecule has 1 fully saturated rings. The zero-order chi connectivity index (χ0) is 22.1. The van der Waals surface area contributed by atoms with E-state index in [0.29, 0.717) is 29.9 Å². The Labute approximate surface area is 181 Å². The van der Waals surface area contributed by atoms with Crippen LogP contribution >= 0.6 is 0 Å². The number of fused-ring (bicyclic) bond motifs is 1. The van der Waals surface area contributed by atoms with Crippen molar-refractivity contribution in [1.29, 1.82) is 0 Å². The summed E-state index contributed by atoms with van der Waals surface area (Å²) in [6.07, 6.45) is 4.56. The summed E-state index contributed by atoms with van der Waals surface area (Å²) in [5.41, 5.74) is 0.0745. The van der Waals surface area contributed by atoms with Gasteiger partial charge in [0.1, 0.15) is 6.54 Å². The van der Waals surface area contributed by atoms with Gasteiger partial charge in [0.15, 0.2) is 11.5 Å². The number of ether oxygens (including phenoxy) is 2. The fraction of sp³-hybridized carbons (Fsp3) is 0.522.